The third-order valence-corrected chi connectivity index (χ3v) is 6.30. The highest BCUT2D eigenvalue weighted by Crippen LogP contribution is 2.41. The van der Waals surface area contributed by atoms with E-state index < -0.39 is 0 Å². The first kappa shape index (κ1) is 17.6. The molecule has 0 aliphatic carbocycles. The lowest BCUT2D eigenvalue weighted by Gasteiger charge is -2.37. The summed E-state index contributed by atoms with van der Waals surface area (Å²) in [4.78, 5) is 12.1. The Morgan fingerprint density at radius 3 is 2.62 bits per heavy atom. The summed E-state index contributed by atoms with van der Waals surface area (Å²) in [6.45, 7) is 2.10. The second-order valence-corrected chi connectivity index (χ2v) is 7.37. The number of halogens is 1. The standard InChI is InChI=1S/C18H18INO3S/c1-12-16-11-15(23-14-6-4-3-5-7-14)9-8-13(16)10-17(18(21)22-2)20(12)24-19/h3-9,11-12,17H,10H2,1-2H3. The fraction of sp³-hybridized carbons (Fsp3) is 0.278. The molecule has 0 fully saturated rings. The zero-order valence-corrected chi connectivity index (χ0v) is 16.4. The molecule has 2 atom stereocenters. The average Bonchev–Trinajstić information content (AvgIpc) is 2.62. The van der Waals surface area contributed by atoms with Gasteiger partial charge in [-0.25, -0.2) is 4.31 Å². The Hall–Kier alpha value is -1.25. The molecule has 1 aliphatic rings. The van der Waals surface area contributed by atoms with Gasteiger partial charge >= 0.3 is 5.97 Å². The van der Waals surface area contributed by atoms with Gasteiger partial charge in [0.25, 0.3) is 0 Å². The molecule has 3 rings (SSSR count). The van der Waals surface area contributed by atoms with Crippen LogP contribution in [0.2, 0.25) is 0 Å². The lowest BCUT2D eigenvalue weighted by Crippen LogP contribution is -2.43. The molecule has 0 amide bonds. The molecule has 0 radical (unpaired) electrons. The van der Waals surface area contributed by atoms with Crippen molar-refractivity contribution in [1.29, 1.82) is 0 Å². The van der Waals surface area contributed by atoms with Gasteiger partial charge in [0.2, 0.25) is 0 Å². The number of methoxy groups -OCH3 is 1. The third-order valence-electron chi connectivity index (χ3n) is 4.20. The summed E-state index contributed by atoms with van der Waals surface area (Å²) in [5, 5.41) is 0. The summed E-state index contributed by atoms with van der Waals surface area (Å²) in [5.41, 5.74) is 2.35. The SMILES string of the molecule is COC(=O)C1Cc2ccc(Oc3ccccc3)cc2C(C)N1SI. The quantitative estimate of drug-likeness (QED) is 0.371. The maximum absolute atomic E-state index is 12.1. The van der Waals surface area contributed by atoms with Gasteiger partial charge in [-0.05, 0) is 57.9 Å². The van der Waals surface area contributed by atoms with Crippen molar-refractivity contribution in [3.8, 4) is 11.5 Å². The molecular formula is C18H18INO3S. The molecule has 6 heteroatoms. The number of esters is 1. The van der Waals surface area contributed by atoms with Crippen molar-refractivity contribution in [2.24, 2.45) is 0 Å². The summed E-state index contributed by atoms with van der Waals surface area (Å²) in [5.74, 6) is 1.43. The number of ether oxygens (including phenoxy) is 2. The lowest BCUT2D eigenvalue weighted by molar-refractivity contribution is -0.145. The number of carbonyl (C=O) groups excluding carboxylic acids is 1. The molecule has 4 nitrogen and oxygen atoms in total. The molecule has 1 aliphatic heterocycles. The lowest BCUT2D eigenvalue weighted by atomic mass is 9.90. The number of hydrogen-bond donors (Lipinski definition) is 0. The van der Waals surface area contributed by atoms with E-state index in [1.807, 2.05) is 36.4 Å². The van der Waals surface area contributed by atoms with E-state index in [1.165, 1.54) is 18.2 Å². The van der Waals surface area contributed by atoms with Crippen LogP contribution in [0, 0.1) is 0 Å². The summed E-state index contributed by atoms with van der Waals surface area (Å²) in [7, 11) is 2.98. The van der Waals surface area contributed by atoms with E-state index >= 15 is 0 Å². The van der Waals surface area contributed by atoms with Crippen LogP contribution in [0.3, 0.4) is 0 Å². The Morgan fingerprint density at radius 1 is 1.21 bits per heavy atom. The van der Waals surface area contributed by atoms with Crippen LogP contribution in [0.15, 0.2) is 48.5 Å². The molecule has 0 saturated carbocycles. The number of carbonyl (C=O) groups is 1. The fourth-order valence-corrected chi connectivity index (χ4v) is 5.31. The second kappa shape index (κ2) is 7.76. The van der Waals surface area contributed by atoms with Crippen molar-refractivity contribution < 1.29 is 14.3 Å². The zero-order valence-electron chi connectivity index (χ0n) is 13.4. The molecule has 126 valence electrons. The Bertz CT molecular complexity index is 725. The predicted octanol–water partition coefficient (Wildman–Crippen LogP) is 4.94. The third kappa shape index (κ3) is 3.55. The number of para-hydroxylation sites is 1. The molecule has 2 aromatic rings. The Kier molecular flexibility index (Phi) is 5.68. The molecule has 0 aromatic heterocycles. The van der Waals surface area contributed by atoms with Crippen LogP contribution in [0.1, 0.15) is 24.1 Å². The number of fused-ring (bicyclic) bond motifs is 1. The van der Waals surface area contributed by atoms with Gasteiger partial charge in [0.15, 0.2) is 0 Å². The van der Waals surface area contributed by atoms with Gasteiger partial charge < -0.3 is 9.47 Å². The summed E-state index contributed by atoms with van der Waals surface area (Å²) in [6.07, 6.45) is 0.647. The number of nitrogens with zero attached hydrogens (tertiary/aromatic N) is 1. The van der Waals surface area contributed by atoms with Gasteiger partial charge in [0, 0.05) is 27.2 Å². The zero-order chi connectivity index (χ0) is 17.1. The maximum Gasteiger partial charge on any atom is 0.324 e. The number of hydrogen-bond acceptors (Lipinski definition) is 5. The molecule has 0 N–H and O–H groups in total. The minimum atomic E-state index is -0.264. The van der Waals surface area contributed by atoms with Gasteiger partial charge in [-0.2, -0.15) is 0 Å². The topological polar surface area (TPSA) is 38.8 Å². The molecule has 0 spiro atoms. The maximum atomic E-state index is 12.1. The summed E-state index contributed by atoms with van der Waals surface area (Å²) in [6, 6.07) is 15.6. The van der Waals surface area contributed by atoms with Crippen LogP contribution in [0.4, 0.5) is 0 Å². The van der Waals surface area contributed by atoms with Crippen molar-refractivity contribution in [2.45, 2.75) is 25.4 Å². The van der Waals surface area contributed by atoms with Crippen LogP contribution in [0.5, 0.6) is 11.5 Å². The van der Waals surface area contributed by atoms with Gasteiger partial charge in [0.05, 0.1) is 7.11 Å². The largest absolute Gasteiger partial charge is 0.468 e. The van der Waals surface area contributed by atoms with Crippen molar-refractivity contribution in [3.63, 3.8) is 0 Å². The van der Waals surface area contributed by atoms with E-state index in [4.69, 9.17) is 9.47 Å². The minimum absolute atomic E-state index is 0.0964. The first-order chi connectivity index (χ1) is 11.6. The van der Waals surface area contributed by atoms with Crippen LogP contribution in [-0.2, 0) is 16.0 Å². The molecular weight excluding hydrogens is 437 g/mol. The first-order valence-corrected chi connectivity index (χ1v) is 11.0. The summed E-state index contributed by atoms with van der Waals surface area (Å²) < 4.78 is 13.0. The molecule has 24 heavy (non-hydrogen) atoms. The van der Waals surface area contributed by atoms with Crippen molar-refractivity contribution in [3.05, 3.63) is 59.7 Å². The number of rotatable bonds is 4. The highest BCUT2D eigenvalue weighted by Gasteiger charge is 2.37. The van der Waals surface area contributed by atoms with Gasteiger partial charge in [0.1, 0.15) is 17.5 Å². The highest BCUT2D eigenvalue weighted by molar-refractivity contribution is 14.2. The van der Waals surface area contributed by atoms with E-state index in [9.17, 15) is 4.79 Å². The second-order valence-electron chi connectivity index (χ2n) is 5.62. The van der Waals surface area contributed by atoms with Gasteiger partial charge in [-0.1, -0.05) is 24.3 Å². The Morgan fingerprint density at radius 2 is 1.96 bits per heavy atom. The van der Waals surface area contributed by atoms with E-state index in [1.54, 1.807) is 9.12 Å². The van der Waals surface area contributed by atoms with Crippen molar-refractivity contribution >= 4 is 36.3 Å². The van der Waals surface area contributed by atoms with E-state index in [0.29, 0.717) is 6.42 Å². The van der Waals surface area contributed by atoms with Gasteiger partial charge in [-0.15, -0.1) is 0 Å². The van der Waals surface area contributed by atoms with Crippen LogP contribution >= 0.6 is 30.3 Å². The molecule has 2 aromatic carbocycles. The van der Waals surface area contributed by atoms with Crippen LogP contribution < -0.4 is 4.74 Å². The predicted molar refractivity (Wildman–Crippen MR) is 104 cm³/mol. The average molecular weight is 455 g/mol. The van der Waals surface area contributed by atoms with E-state index in [0.717, 1.165) is 11.5 Å². The smallest absolute Gasteiger partial charge is 0.324 e. The van der Waals surface area contributed by atoms with E-state index in [2.05, 4.69) is 44.6 Å². The number of benzene rings is 2. The molecule has 1 heterocycles. The van der Waals surface area contributed by atoms with Crippen molar-refractivity contribution in [1.82, 2.24) is 4.31 Å². The molecule has 0 bridgehead atoms. The molecule has 2 unspecified atom stereocenters. The van der Waals surface area contributed by atoms with Crippen molar-refractivity contribution in [2.75, 3.05) is 7.11 Å². The van der Waals surface area contributed by atoms with E-state index in [-0.39, 0.29) is 18.1 Å². The Labute approximate surface area is 158 Å². The first-order valence-electron chi connectivity index (χ1n) is 7.64. The molecule has 0 saturated heterocycles. The Balaban J connectivity index is 1.90. The van der Waals surface area contributed by atoms with Crippen LogP contribution in [-0.4, -0.2) is 23.4 Å². The normalized spacial score (nSPS) is 20.3. The fourth-order valence-electron chi connectivity index (χ4n) is 2.97. The van der Waals surface area contributed by atoms with Gasteiger partial charge in [-0.3, -0.25) is 4.79 Å². The van der Waals surface area contributed by atoms with Crippen LogP contribution in [0.25, 0.3) is 0 Å². The highest BCUT2D eigenvalue weighted by atomic mass is 127. The monoisotopic (exact) mass is 455 g/mol. The summed E-state index contributed by atoms with van der Waals surface area (Å²) >= 11 is 2.22. The minimum Gasteiger partial charge on any atom is -0.468 e.